The molecular weight excluding hydrogens is 471 g/mol. The lowest BCUT2D eigenvalue weighted by atomic mass is 9.90. The van der Waals surface area contributed by atoms with E-state index in [9.17, 15) is 13.4 Å². The number of aliphatic imine (C=N–C) groups is 1. The molecule has 2 heterocycles. The molecule has 2 aromatic rings. The van der Waals surface area contributed by atoms with Crippen molar-refractivity contribution in [3.05, 3.63) is 57.3 Å². The van der Waals surface area contributed by atoms with Gasteiger partial charge in [-0.3, -0.25) is 19.0 Å². The van der Waals surface area contributed by atoms with E-state index in [1.54, 1.807) is 33.8 Å². The SMILES string of the molecule is C=S1(=O)C[C@@](C)(c2cc(CC(=O)c3cnc(C)cn3)c(Br)cc2F)N=C(N)C1(C)C. The number of rotatable bonds is 4. The van der Waals surface area contributed by atoms with Gasteiger partial charge in [0.05, 0.1) is 22.2 Å². The zero-order chi connectivity index (χ0) is 22.5. The number of carbonyl (C=O) groups excluding carboxylic acids is 1. The Morgan fingerprint density at radius 2 is 1.97 bits per heavy atom. The van der Waals surface area contributed by atoms with Gasteiger partial charge in [0.25, 0.3) is 0 Å². The lowest BCUT2D eigenvalue weighted by Crippen LogP contribution is -2.54. The van der Waals surface area contributed by atoms with Crippen LogP contribution in [0.1, 0.15) is 48.1 Å². The van der Waals surface area contributed by atoms with E-state index in [4.69, 9.17) is 5.73 Å². The fourth-order valence-electron chi connectivity index (χ4n) is 3.34. The molecule has 1 aromatic heterocycles. The molecule has 160 valence electrons. The number of halogens is 2. The van der Waals surface area contributed by atoms with Crippen LogP contribution in [0.2, 0.25) is 0 Å². The third-order valence-corrected chi connectivity index (χ3v) is 9.40. The number of hydrogen-bond donors (Lipinski definition) is 1. The van der Waals surface area contributed by atoms with Crippen molar-refractivity contribution in [1.29, 1.82) is 0 Å². The van der Waals surface area contributed by atoms with Crippen molar-refractivity contribution in [1.82, 2.24) is 9.97 Å². The Bertz CT molecular complexity index is 1160. The summed E-state index contributed by atoms with van der Waals surface area (Å²) < 4.78 is 27.8. The van der Waals surface area contributed by atoms with Crippen molar-refractivity contribution in [2.24, 2.45) is 10.7 Å². The summed E-state index contributed by atoms with van der Waals surface area (Å²) in [5, 5.41) is 0. The molecule has 1 aromatic carbocycles. The van der Waals surface area contributed by atoms with Crippen LogP contribution in [0.4, 0.5) is 4.39 Å². The minimum absolute atomic E-state index is 0.00781. The fraction of sp³-hybridized carbons (Fsp3) is 0.381. The molecule has 3 rings (SSSR count). The molecule has 9 heteroatoms. The van der Waals surface area contributed by atoms with Crippen LogP contribution in [0.15, 0.2) is 34.0 Å². The van der Waals surface area contributed by atoms with Gasteiger partial charge in [-0.25, -0.2) is 9.37 Å². The number of benzene rings is 1. The normalized spacial score (nSPS) is 25.6. The predicted octanol–water partition coefficient (Wildman–Crippen LogP) is 3.19. The summed E-state index contributed by atoms with van der Waals surface area (Å²) in [6, 6.07) is 2.87. The van der Waals surface area contributed by atoms with Gasteiger partial charge in [-0.05, 0) is 60.8 Å². The van der Waals surface area contributed by atoms with Crippen molar-refractivity contribution < 1.29 is 13.4 Å². The lowest BCUT2D eigenvalue weighted by molar-refractivity contribution is 0.0987. The zero-order valence-corrected chi connectivity index (χ0v) is 19.7. The maximum Gasteiger partial charge on any atom is 0.187 e. The molecule has 30 heavy (non-hydrogen) atoms. The maximum absolute atomic E-state index is 15.0. The van der Waals surface area contributed by atoms with Gasteiger partial charge in [0.1, 0.15) is 17.3 Å². The second-order valence-electron chi connectivity index (χ2n) is 8.30. The summed E-state index contributed by atoms with van der Waals surface area (Å²) in [6.07, 6.45) is 2.93. The second kappa shape index (κ2) is 7.53. The number of carbonyl (C=O) groups is 1. The van der Waals surface area contributed by atoms with Crippen LogP contribution >= 0.6 is 15.9 Å². The summed E-state index contributed by atoms with van der Waals surface area (Å²) >= 11 is 3.33. The first-order valence-electron chi connectivity index (χ1n) is 9.27. The number of amidine groups is 1. The molecule has 0 aliphatic carbocycles. The molecule has 1 unspecified atom stereocenters. The number of ketones is 1. The van der Waals surface area contributed by atoms with Gasteiger partial charge < -0.3 is 5.73 Å². The van der Waals surface area contributed by atoms with Crippen LogP contribution < -0.4 is 5.73 Å². The number of aryl methyl sites for hydroxylation is 1. The second-order valence-corrected chi connectivity index (χ2v) is 12.1. The van der Waals surface area contributed by atoms with Crippen LogP contribution in [0.25, 0.3) is 0 Å². The Kier molecular flexibility index (Phi) is 5.66. The zero-order valence-electron chi connectivity index (χ0n) is 17.3. The fourth-order valence-corrected chi connectivity index (χ4v) is 5.71. The van der Waals surface area contributed by atoms with Crippen LogP contribution in [0, 0.1) is 12.7 Å². The van der Waals surface area contributed by atoms with E-state index in [0.29, 0.717) is 15.7 Å². The third kappa shape index (κ3) is 3.92. The average molecular weight is 495 g/mol. The highest BCUT2D eigenvalue weighted by Crippen LogP contribution is 2.39. The molecule has 0 saturated heterocycles. The monoisotopic (exact) mass is 494 g/mol. The Morgan fingerprint density at radius 3 is 2.53 bits per heavy atom. The van der Waals surface area contributed by atoms with E-state index in [1.165, 1.54) is 18.5 Å². The van der Waals surface area contributed by atoms with Gasteiger partial charge in [0.2, 0.25) is 0 Å². The Hall–Kier alpha value is -2.13. The Balaban J connectivity index is 2.04. The number of nitrogens with zero attached hydrogens (tertiary/aromatic N) is 3. The highest BCUT2D eigenvalue weighted by Gasteiger charge is 2.45. The van der Waals surface area contributed by atoms with E-state index >= 15 is 0 Å². The molecule has 1 aliphatic rings. The molecular formula is C21H24BrFN4O2S. The molecule has 1 aliphatic heterocycles. The van der Waals surface area contributed by atoms with E-state index in [1.807, 2.05) is 0 Å². The average Bonchev–Trinajstić information content (AvgIpc) is 2.62. The summed E-state index contributed by atoms with van der Waals surface area (Å²) in [6.45, 7) is 6.92. The molecule has 0 saturated carbocycles. The molecule has 6 nitrogen and oxygen atoms in total. The molecule has 0 fully saturated rings. The largest absolute Gasteiger partial charge is 0.386 e. The molecule has 0 spiro atoms. The maximum atomic E-state index is 15.0. The van der Waals surface area contributed by atoms with E-state index < -0.39 is 25.6 Å². The van der Waals surface area contributed by atoms with Crippen molar-refractivity contribution in [3.8, 4) is 0 Å². The van der Waals surface area contributed by atoms with Crippen LogP contribution in [0.5, 0.6) is 0 Å². The molecule has 0 radical (unpaired) electrons. The van der Waals surface area contributed by atoms with Crippen molar-refractivity contribution in [3.63, 3.8) is 0 Å². The van der Waals surface area contributed by atoms with Gasteiger partial charge in [0.15, 0.2) is 5.78 Å². The van der Waals surface area contributed by atoms with Gasteiger partial charge in [0, 0.05) is 28.4 Å². The highest BCUT2D eigenvalue weighted by atomic mass is 79.9. The quantitative estimate of drug-likeness (QED) is 0.519. The number of nitrogens with two attached hydrogens (primary N) is 1. The first kappa shape index (κ1) is 22.6. The number of aromatic nitrogens is 2. The van der Waals surface area contributed by atoms with Gasteiger partial charge in [-0.15, -0.1) is 0 Å². The summed E-state index contributed by atoms with van der Waals surface area (Å²) in [5.74, 6) is 3.33. The summed E-state index contributed by atoms with van der Waals surface area (Å²) in [4.78, 5) is 25.4. The minimum atomic E-state index is -2.70. The van der Waals surface area contributed by atoms with Gasteiger partial charge in [-0.2, -0.15) is 0 Å². The molecule has 2 atom stereocenters. The van der Waals surface area contributed by atoms with Crippen LogP contribution in [0.3, 0.4) is 0 Å². The predicted molar refractivity (Wildman–Crippen MR) is 122 cm³/mol. The summed E-state index contributed by atoms with van der Waals surface area (Å²) in [7, 11) is -2.70. The minimum Gasteiger partial charge on any atom is -0.386 e. The standard InChI is InChI=1S/C21H24BrFN4O2S/c1-12-9-26-17(10-25-12)18(28)7-13-6-14(16(23)8-15(13)22)21(4)11-30(5,29)20(2,3)19(24)27-21/h6,8-10H,5,7,11H2,1-4H3,(H2,24,27)/t21-,30?/m0/s1. The van der Waals surface area contributed by atoms with Gasteiger partial charge >= 0.3 is 0 Å². The first-order chi connectivity index (χ1) is 13.8. The van der Waals surface area contributed by atoms with Crippen molar-refractivity contribution in [2.45, 2.75) is 44.4 Å². The molecule has 2 N–H and O–H groups in total. The topological polar surface area (TPSA) is 98.3 Å². The lowest BCUT2D eigenvalue weighted by Gasteiger charge is -2.41. The number of hydrogen-bond acceptors (Lipinski definition) is 6. The van der Waals surface area contributed by atoms with Crippen molar-refractivity contribution in [2.75, 3.05) is 5.75 Å². The van der Waals surface area contributed by atoms with E-state index in [0.717, 1.165) is 0 Å². The van der Waals surface area contributed by atoms with Crippen LogP contribution in [-0.2, 0) is 21.5 Å². The molecule has 0 amide bonds. The smallest absolute Gasteiger partial charge is 0.187 e. The Morgan fingerprint density at radius 1 is 1.30 bits per heavy atom. The first-order valence-corrected chi connectivity index (χ1v) is 12.0. The summed E-state index contributed by atoms with van der Waals surface area (Å²) in [5.41, 5.74) is 6.67. The van der Waals surface area contributed by atoms with Crippen LogP contribution in [-0.4, -0.2) is 42.2 Å². The molecule has 0 bridgehead atoms. The highest BCUT2D eigenvalue weighted by molar-refractivity contribution is 9.10. The van der Waals surface area contributed by atoms with E-state index in [-0.39, 0.29) is 35.0 Å². The number of Topliss-reactive ketones (excluding diaryl/α,β-unsaturated/α-hetero) is 1. The third-order valence-electron chi connectivity index (χ3n) is 5.56. The Labute approximate surface area is 184 Å². The van der Waals surface area contributed by atoms with Gasteiger partial charge in [-0.1, -0.05) is 15.9 Å². The van der Waals surface area contributed by atoms with Crippen molar-refractivity contribution >= 4 is 42.9 Å². The van der Waals surface area contributed by atoms with E-state index in [2.05, 4.69) is 36.8 Å².